The number of rotatable bonds is 8. The van der Waals surface area contributed by atoms with Crippen molar-refractivity contribution in [1.29, 1.82) is 0 Å². The quantitative estimate of drug-likeness (QED) is 0.567. The molecule has 2 rings (SSSR count). The van der Waals surface area contributed by atoms with Gasteiger partial charge in [0.2, 0.25) is 5.91 Å². The lowest BCUT2D eigenvalue weighted by Crippen LogP contribution is -2.54. The van der Waals surface area contributed by atoms with E-state index in [-0.39, 0.29) is 17.5 Å². The zero-order valence-electron chi connectivity index (χ0n) is 17.6. The molecule has 3 amide bonds. The average molecular weight is 381 g/mol. The molecule has 0 aromatic rings. The Balaban J connectivity index is 1.55. The predicted molar refractivity (Wildman–Crippen MR) is 110 cm³/mol. The summed E-state index contributed by atoms with van der Waals surface area (Å²) in [6.45, 7) is 10.2. The van der Waals surface area contributed by atoms with E-state index in [9.17, 15) is 9.59 Å². The summed E-state index contributed by atoms with van der Waals surface area (Å²) in [4.78, 5) is 26.5. The minimum Gasteiger partial charge on any atom is -0.354 e. The first-order valence-electron chi connectivity index (χ1n) is 10.9. The molecule has 0 spiro atoms. The van der Waals surface area contributed by atoms with Crippen LogP contribution in [0.5, 0.6) is 0 Å². The Morgan fingerprint density at radius 1 is 1.04 bits per heavy atom. The zero-order chi connectivity index (χ0) is 19.7. The van der Waals surface area contributed by atoms with Gasteiger partial charge in [-0.05, 0) is 58.4 Å². The zero-order valence-corrected chi connectivity index (χ0v) is 17.6. The fourth-order valence-corrected chi connectivity index (χ4v) is 4.19. The molecular weight excluding hydrogens is 340 g/mol. The van der Waals surface area contributed by atoms with Crippen molar-refractivity contribution in [1.82, 2.24) is 20.9 Å². The van der Waals surface area contributed by atoms with Crippen LogP contribution in [-0.4, -0.2) is 54.6 Å². The number of carbonyl (C=O) groups is 2. The molecule has 0 bridgehead atoms. The summed E-state index contributed by atoms with van der Waals surface area (Å²) in [7, 11) is 0. The number of carbonyl (C=O) groups excluding carboxylic acids is 2. The number of nitrogens with one attached hydrogen (secondary N) is 3. The maximum atomic E-state index is 12.1. The standard InChI is InChI=1S/C21H40N4O2/c1-17-9-8-14-25(15-17)21(2,3)16-23-19(26)12-7-13-22-20(27)24-18-10-5-4-6-11-18/h17-18H,4-16H2,1-3H3,(H,23,26)(H2,22,24,27). The lowest BCUT2D eigenvalue weighted by Gasteiger charge is -2.43. The maximum absolute atomic E-state index is 12.1. The molecule has 156 valence electrons. The first-order valence-corrected chi connectivity index (χ1v) is 10.9. The number of hydrogen-bond donors (Lipinski definition) is 3. The Hall–Kier alpha value is -1.30. The number of likely N-dealkylation sites (tertiary alicyclic amines) is 1. The third-order valence-electron chi connectivity index (χ3n) is 6.04. The van der Waals surface area contributed by atoms with Crippen LogP contribution in [0.3, 0.4) is 0 Å². The van der Waals surface area contributed by atoms with Gasteiger partial charge in [0, 0.05) is 37.6 Å². The number of amides is 3. The van der Waals surface area contributed by atoms with Crippen molar-refractivity contribution in [2.45, 2.75) is 90.1 Å². The van der Waals surface area contributed by atoms with Gasteiger partial charge in [0.05, 0.1) is 0 Å². The maximum Gasteiger partial charge on any atom is 0.315 e. The average Bonchev–Trinajstić information content (AvgIpc) is 2.64. The van der Waals surface area contributed by atoms with Gasteiger partial charge in [-0.15, -0.1) is 0 Å². The van der Waals surface area contributed by atoms with E-state index < -0.39 is 0 Å². The minimum absolute atomic E-state index is 0.0114. The van der Waals surface area contributed by atoms with E-state index in [4.69, 9.17) is 0 Å². The van der Waals surface area contributed by atoms with Gasteiger partial charge in [-0.2, -0.15) is 0 Å². The van der Waals surface area contributed by atoms with Crippen LogP contribution in [0.4, 0.5) is 4.79 Å². The molecule has 6 heteroatoms. The van der Waals surface area contributed by atoms with Gasteiger partial charge in [0.15, 0.2) is 0 Å². The largest absolute Gasteiger partial charge is 0.354 e. The van der Waals surface area contributed by atoms with Gasteiger partial charge in [-0.1, -0.05) is 26.2 Å². The van der Waals surface area contributed by atoms with Gasteiger partial charge in [-0.25, -0.2) is 4.79 Å². The smallest absolute Gasteiger partial charge is 0.315 e. The third kappa shape index (κ3) is 8.08. The van der Waals surface area contributed by atoms with Gasteiger partial charge in [-0.3, -0.25) is 9.69 Å². The van der Waals surface area contributed by atoms with Crippen molar-refractivity contribution in [2.75, 3.05) is 26.2 Å². The van der Waals surface area contributed by atoms with E-state index in [2.05, 4.69) is 41.6 Å². The van der Waals surface area contributed by atoms with Crippen LogP contribution in [-0.2, 0) is 4.79 Å². The Labute approximate surface area is 165 Å². The summed E-state index contributed by atoms with van der Waals surface area (Å²) < 4.78 is 0. The van der Waals surface area contributed by atoms with Crippen molar-refractivity contribution < 1.29 is 9.59 Å². The normalized spacial score (nSPS) is 22.3. The molecule has 1 aliphatic carbocycles. The van der Waals surface area contributed by atoms with Crippen molar-refractivity contribution in [3.63, 3.8) is 0 Å². The van der Waals surface area contributed by atoms with Crippen LogP contribution in [0.1, 0.15) is 78.6 Å². The predicted octanol–water partition coefficient (Wildman–Crippen LogP) is 3.03. The van der Waals surface area contributed by atoms with E-state index >= 15 is 0 Å². The summed E-state index contributed by atoms with van der Waals surface area (Å²) in [5.41, 5.74) is -0.0114. The lowest BCUT2D eigenvalue weighted by atomic mass is 9.93. The molecule has 2 fully saturated rings. The molecule has 1 unspecified atom stereocenters. The monoisotopic (exact) mass is 380 g/mol. The number of nitrogens with zero attached hydrogens (tertiary/aromatic N) is 1. The first-order chi connectivity index (χ1) is 12.9. The minimum atomic E-state index is -0.0948. The summed E-state index contributed by atoms with van der Waals surface area (Å²) in [5.74, 6) is 0.808. The molecule has 0 aromatic carbocycles. The number of hydrogen-bond acceptors (Lipinski definition) is 3. The molecule has 27 heavy (non-hydrogen) atoms. The van der Waals surface area contributed by atoms with Crippen molar-refractivity contribution >= 4 is 11.9 Å². The molecule has 6 nitrogen and oxygen atoms in total. The SMILES string of the molecule is CC1CCCN(C(C)(C)CNC(=O)CCCNC(=O)NC2CCCCC2)C1. The first kappa shape index (κ1) is 22.0. The van der Waals surface area contributed by atoms with Crippen molar-refractivity contribution in [2.24, 2.45) is 5.92 Å². The highest BCUT2D eigenvalue weighted by Gasteiger charge is 2.30. The Bertz CT molecular complexity index is 475. The summed E-state index contributed by atoms with van der Waals surface area (Å²) in [6.07, 6.45) is 9.54. The van der Waals surface area contributed by atoms with Crippen LogP contribution >= 0.6 is 0 Å². The molecule has 1 heterocycles. The second-order valence-corrected chi connectivity index (χ2v) is 9.12. The molecular formula is C21H40N4O2. The molecule has 0 radical (unpaired) electrons. The fraction of sp³-hybridized carbons (Fsp3) is 0.905. The number of urea groups is 1. The Morgan fingerprint density at radius 2 is 1.78 bits per heavy atom. The van der Waals surface area contributed by atoms with E-state index in [0.717, 1.165) is 31.8 Å². The van der Waals surface area contributed by atoms with E-state index in [1.165, 1.54) is 32.1 Å². The van der Waals surface area contributed by atoms with Crippen LogP contribution in [0.2, 0.25) is 0 Å². The highest BCUT2D eigenvalue weighted by Crippen LogP contribution is 2.23. The molecule has 3 N–H and O–H groups in total. The molecule has 0 aromatic heterocycles. The highest BCUT2D eigenvalue weighted by atomic mass is 16.2. The van der Waals surface area contributed by atoms with Gasteiger partial charge in [0.25, 0.3) is 0 Å². The van der Waals surface area contributed by atoms with Crippen LogP contribution in [0.25, 0.3) is 0 Å². The van der Waals surface area contributed by atoms with Gasteiger partial charge >= 0.3 is 6.03 Å². The summed E-state index contributed by atoms with van der Waals surface area (Å²) in [6, 6.07) is 0.226. The Kier molecular flexibility index (Phi) is 8.87. The lowest BCUT2D eigenvalue weighted by molar-refractivity contribution is -0.121. The van der Waals surface area contributed by atoms with Crippen molar-refractivity contribution in [3.8, 4) is 0 Å². The van der Waals surface area contributed by atoms with Crippen LogP contribution < -0.4 is 16.0 Å². The van der Waals surface area contributed by atoms with E-state index in [0.29, 0.717) is 32.0 Å². The van der Waals surface area contributed by atoms with E-state index in [1.807, 2.05) is 0 Å². The topological polar surface area (TPSA) is 73.5 Å². The summed E-state index contributed by atoms with van der Waals surface area (Å²) >= 11 is 0. The van der Waals surface area contributed by atoms with Crippen molar-refractivity contribution in [3.05, 3.63) is 0 Å². The van der Waals surface area contributed by atoms with Crippen LogP contribution in [0.15, 0.2) is 0 Å². The molecule has 1 saturated heterocycles. The summed E-state index contributed by atoms with van der Waals surface area (Å²) in [5, 5.41) is 8.99. The van der Waals surface area contributed by atoms with Crippen LogP contribution in [0, 0.1) is 5.92 Å². The molecule has 2 aliphatic rings. The fourth-order valence-electron chi connectivity index (χ4n) is 4.19. The molecule has 1 atom stereocenters. The van der Waals surface area contributed by atoms with Gasteiger partial charge in [0.1, 0.15) is 0 Å². The molecule has 1 saturated carbocycles. The highest BCUT2D eigenvalue weighted by molar-refractivity contribution is 5.76. The third-order valence-corrected chi connectivity index (χ3v) is 6.04. The number of piperidine rings is 1. The molecule has 1 aliphatic heterocycles. The van der Waals surface area contributed by atoms with Gasteiger partial charge < -0.3 is 16.0 Å². The second kappa shape index (κ2) is 10.9. The Morgan fingerprint density at radius 3 is 2.48 bits per heavy atom. The second-order valence-electron chi connectivity index (χ2n) is 9.12. The van der Waals surface area contributed by atoms with E-state index in [1.54, 1.807) is 0 Å².